The molecule has 2 N–H and O–H groups in total. The van der Waals surface area contributed by atoms with E-state index in [0.29, 0.717) is 19.8 Å². The number of hydrogen-bond donors (Lipinski definition) is 2. The Kier molecular flexibility index (Phi) is 5.58. The maximum Gasteiger partial charge on any atom is 0.128 e. The van der Waals surface area contributed by atoms with Gasteiger partial charge in [0.05, 0.1) is 12.3 Å². The smallest absolute Gasteiger partial charge is 0.128 e. The van der Waals surface area contributed by atoms with Gasteiger partial charge in [-0.2, -0.15) is 5.10 Å². The van der Waals surface area contributed by atoms with E-state index in [4.69, 9.17) is 9.47 Å². The summed E-state index contributed by atoms with van der Waals surface area (Å²) in [5, 5.41) is 10.4. The van der Waals surface area contributed by atoms with Crippen LogP contribution in [0.3, 0.4) is 0 Å². The van der Waals surface area contributed by atoms with Crippen LogP contribution in [0.5, 0.6) is 5.75 Å². The van der Waals surface area contributed by atoms with Crippen molar-refractivity contribution in [1.82, 2.24) is 15.5 Å². The van der Waals surface area contributed by atoms with Gasteiger partial charge >= 0.3 is 0 Å². The van der Waals surface area contributed by atoms with Gasteiger partial charge in [-0.3, -0.25) is 5.10 Å². The van der Waals surface area contributed by atoms with Gasteiger partial charge in [0.2, 0.25) is 0 Å². The Morgan fingerprint density at radius 3 is 2.90 bits per heavy atom. The molecular weight excluding hydrogens is 254 g/mol. The van der Waals surface area contributed by atoms with Crippen LogP contribution in [0, 0.1) is 0 Å². The number of ether oxygens (including phenoxy) is 2. The number of nitrogens with one attached hydrogen (secondary N) is 2. The van der Waals surface area contributed by atoms with Crippen LogP contribution in [0.15, 0.2) is 30.3 Å². The Morgan fingerprint density at radius 1 is 1.25 bits per heavy atom. The fourth-order valence-corrected chi connectivity index (χ4v) is 1.94. The minimum absolute atomic E-state index is 0.540. The SMILES string of the molecule is CCOCCOc1ccccc1-c1cc(CNC)[nH]n1. The number of para-hydroxylation sites is 1. The third kappa shape index (κ3) is 3.82. The normalized spacial score (nSPS) is 10.7. The zero-order valence-electron chi connectivity index (χ0n) is 12.0. The average molecular weight is 275 g/mol. The Bertz CT molecular complexity index is 525. The lowest BCUT2D eigenvalue weighted by Crippen LogP contribution is -2.06. The van der Waals surface area contributed by atoms with Crippen molar-refractivity contribution in [2.24, 2.45) is 0 Å². The molecule has 108 valence electrons. The van der Waals surface area contributed by atoms with Crippen LogP contribution < -0.4 is 10.1 Å². The van der Waals surface area contributed by atoms with Gasteiger partial charge in [-0.1, -0.05) is 12.1 Å². The van der Waals surface area contributed by atoms with E-state index >= 15 is 0 Å². The lowest BCUT2D eigenvalue weighted by molar-refractivity contribution is 0.110. The largest absolute Gasteiger partial charge is 0.490 e. The molecule has 20 heavy (non-hydrogen) atoms. The van der Waals surface area contributed by atoms with Gasteiger partial charge in [0, 0.05) is 24.4 Å². The van der Waals surface area contributed by atoms with Crippen molar-refractivity contribution >= 4 is 0 Å². The van der Waals surface area contributed by atoms with Gasteiger partial charge < -0.3 is 14.8 Å². The summed E-state index contributed by atoms with van der Waals surface area (Å²) in [6.07, 6.45) is 0. The summed E-state index contributed by atoms with van der Waals surface area (Å²) in [5.74, 6) is 0.828. The molecule has 0 atom stereocenters. The third-order valence-corrected chi connectivity index (χ3v) is 2.85. The van der Waals surface area contributed by atoms with Crippen molar-refractivity contribution < 1.29 is 9.47 Å². The first-order valence-electron chi connectivity index (χ1n) is 6.84. The molecule has 1 heterocycles. The van der Waals surface area contributed by atoms with Crippen LogP contribution >= 0.6 is 0 Å². The lowest BCUT2D eigenvalue weighted by atomic mass is 10.1. The molecule has 2 rings (SSSR count). The number of H-pyrrole nitrogens is 1. The van der Waals surface area contributed by atoms with Crippen LogP contribution in [0.4, 0.5) is 0 Å². The molecule has 5 heteroatoms. The third-order valence-electron chi connectivity index (χ3n) is 2.85. The standard InChI is InChI=1S/C15H21N3O2/c1-3-19-8-9-20-15-7-5-4-6-13(15)14-10-12(11-16-2)17-18-14/h4-7,10,16H,3,8-9,11H2,1-2H3,(H,17,18). The predicted molar refractivity (Wildman–Crippen MR) is 78.8 cm³/mol. The molecule has 0 amide bonds. The van der Waals surface area contributed by atoms with Gasteiger partial charge in [-0.05, 0) is 32.2 Å². The summed E-state index contributed by atoms with van der Waals surface area (Å²) < 4.78 is 11.1. The van der Waals surface area contributed by atoms with Crippen molar-refractivity contribution in [2.45, 2.75) is 13.5 Å². The molecule has 0 aliphatic heterocycles. The topological polar surface area (TPSA) is 59.2 Å². The maximum atomic E-state index is 5.77. The van der Waals surface area contributed by atoms with Crippen molar-refractivity contribution in [3.63, 3.8) is 0 Å². The highest BCUT2D eigenvalue weighted by Crippen LogP contribution is 2.28. The van der Waals surface area contributed by atoms with Crippen molar-refractivity contribution in [3.8, 4) is 17.0 Å². The number of benzene rings is 1. The molecular formula is C15H21N3O2. The van der Waals surface area contributed by atoms with E-state index < -0.39 is 0 Å². The van der Waals surface area contributed by atoms with Gasteiger partial charge in [-0.25, -0.2) is 0 Å². The number of rotatable bonds is 8. The second-order valence-electron chi connectivity index (χ2n) is 4.35. The van der Waals surface area contributed by atoms with Crippen LogP contribution in [0.2, 0.25) is 0 Å². The highest BCUT2D eigenvalue weighted by atomic mass is 16.5. The molecule has 0 saturated carbocycles. The van der Waals surface area contributed by atoms with Gasteiger partial charge in [0.25, 0.3) is 0 Å². The summed E-state index contributed by atoms with van der Waals surface area (Å²) in [4.78, 5) is 0. The van der Waals surface area contributed by atoms with E-state index in [1.165, 1.54) is 0 Å². The van der Waals surface area contributed by atoms with Crippen LogP contribution in [0.25, 0.3) is 11.3 Å². The van der Waals surface area contributed by atoms with Crippen molar-refractivity contribution in [2.75, 3.05) is 26.9 Å². The van der Waals surface area contributed by atoms with Gasteiger partial charge in [0.1, 0.15) is 12.4 Å². The molecule has 0 radical (unpaired) electrons. The number of aromatic nitrogens is 2. The highest BCUT2D eigenvalue weighted by molar-refractivity contribution is 5.67. The number of nitrogens with zero attached hydrogens (tertiary/aromatic N) is 1. The second kappa shape index (κ2) is 7.67. The Balaban J connectivity index is 2.09. The van der Waals surface area contributed by atoms with Gasteiger partial charge in [0.15, 0.2) is 0 Å². The highest BCUT2D eigenvalue weighted by Gasteiger charge is 2.09. The Labute approximate surface area is 119 Å². The molecule has 1 aromatic carbocycles. The molecule has 0 aliphatic carbocycles. The van der Waals surface area contributed by atoms with E-state index in [1.54, 1.807) is 0 Å². The molecule has 0 spiro atoms. The summed E-state index contributed by atoms with van der Waals surface area (Å²) >= 11 is 0. The molecule has 0 bridgehead atoms. The van der Waals surface area contributed by atoms with Crippen LogP contribution in [-0.2, 0) is 11.3 Å². The monoisotopic (exact) mass is 275 g/mol. The first kappa shape index (κ1) is 14.6. The Morgan fingerprint density at radius 2 is 2.10 bits per heavy atom. The minimum Gasteiger partial charge on any atom is -0.490 e. The van der Waals surface area contributed by atoms with Crippen LogP contribution in [-0.4, -0.2) is 37.1 Å². The first-order valence-corrected chi connectivity index (χ1v) is 6.84. The van der Waals surface area contributed by atoms with E-state index in [-0.39, 0.29) is 0 Å². The summed E-state index contributed by atoms with van der Waals surface area (Å²) in [6.45, 7) is 4.58. The molecule has 0 aliphatic rings. The zero-order valence-corrected chi connectivity index (χ0v) is 12.0. The minimum atomic E-state index is 0.540. The maximum absolute atomic E-state index is 5.77. The molecule has 0 fully saturated rings. The van der Waals surface area contributed by atoms with E-state index in [2.05, 4.69) is 15.5 Å². The first-order chi connectivity index (χ1) is 9.85. The molecule has 0 saturated heterocycles. The fourth-order valence-electron chi connectivity index (χ4n) is 1.94. The molecule has 5 nitrogen and oxygen atoms in total. The van der Waals surface area contributed by atoms with Crippen molar-refractivity contribution in [1.29, 1.82) is 0 Å². The lowest BCUT2D eigenvalue weighted by Gasteiger charge is -2.09. The Hall–Kier alpha value is -1.85. The quantitative estimate of drug-likeness (QED) is 0.725. The summed E-state index contributed by atoms with van der Waals surface area (Å²) in [5.41, 5.74) is 2.93. The van der Waals surface area contributed by atoms with E-state index in [9.17, 15) is 0 Å². The zero-order chi connectivity index (χ0) is 14.2. The summed E-state index contributed by atoms with van der Waals surface area (Å²) in [6, 6.07) is 9.93. The molecule has 1 aromatic heterocycles. The van der Waals surface area contributed by atoms with Crippen molar-refractivity contribution in [3.05, 3.63) is 36.0 Å². The molecule has 0 unspecified atom stereocenters. The summed E-state index contributed by atoms with van der Waals surface area (Å²) in [7, 11) is 1.91. The molecule has 2 aromatic rings. The average Bonchev–Trinajstić information content (AvgIpc) is 2.93. The fraction of sp³-hybridized carbons (Fsp3) is 0.400. The van der Waals surface area contributed by atoms with E-state index in [0.717, 1.165) is 29.2 Å². The number of aromatic amines is 1. The number of hydrogen-bond acceptors (Lipinski definition) is 4. The van der Waals surface area contributed by atoms with Gasteiger partial charge in [-0.15, -0.1) is 0 Å². The second-order valence-corrected chi connectivity index (χ2v) is 4.35. The predicted octanol–water partition coefficient (Wildman–Crippen LogP) is 2.21. The van der Waals surface area contributed by atoms with E-state index in [1.807, 2.05) is 44.3 Å². The van der Waals surface area contributed by atoms with Crippen LogP contribution in [0.1, 0.15) is 12.6 Å².